The Hall–Kier alpha value is -2.81. The standard InChI is InChI=1S/C23H24N4O/c24-15-17-6-7-21-20(14-17)19-8-10-25-23(22(19)26-21)9-11-27(16-23)12-13-28-18-4-2-1-3-5-18/h1-7,14,25-26H,8-13,16H2/t23-/m1/s1. The molecule has 5 heteroatoms. The lowest BCUT2D eigenvalue weighted by atomic mass is 9.86. The number of nitriles is 1. The second kappa shape index (κ2) is 6.97. The molecule has 0 bridgehead atoms. The van der Waals surface area contributed by atoms with Crippen LogP contribution < -0.4 is 10.1 Å². The first-order valence-corrected chi connectivity index (χ1v) is 9.98. The number of ether oxygens (including phenoxy) is 1. The molecule has 3 heterocycles. The molecule has 2 aliphatic heterocycles. The Labute approximate surface area is 164 Å². The number of rotatable bonds is 4. The quantitative estimate of drug-likeness (QED) is 0.738. The number of fused-ring (bicyclic) bond motifs is 4. The number of H-pyrrole nitrogens is 1. The smallest absolute Gasteiger partial charge is 0.119 e. The summed E-state index contributed by atoms with van der Waals surface area (Å²) in [5.74, 6) is 0.929. The molecule has 5 rings (SSSR count). The Kier molecular flexibility index (Phi) is 4.31. The average molecular weight is 372 g/mol. The van der Waals surface area contributed by atoms with Crippen LogP contribution in [0.2, 0.25) is 0 Å². The molecule has 1 spiro atoms. The van der Waals surface area contributed by atoms with Gasteiger partial charge in [-0.2, -0.15) is 5.26 Å². The van der Waals surface area contributed by atoms with Crippen molar-refractivity contribution in [2.45, 2.75) is 18.4 Å². The summed E-state index contributed by atoms with van der Waals surface area (Å²) < 4.78 is 5.89. The zero-order chi connectivity index (χ0) is 19.0. The Morgan fingerprint density at radius 1 is 1.18 bits per heavy atom. The van der Waals surface area contributed by atoms with E-state index >= 15 is 0 Å². The van der Waals surface area contributed by atoms with Gasteiger partial charge < -0.3 is 15.0 Å². The Morgan fingerprint density at radius 2 is 2.07 bits per heavy atom. The molecular weight excluding hydrogens is 348 g/mol. The van der Waals surface area contributed by atoms with Crippen molar-refractivity contribution in [3.8, 4) is 11.8 Å². The lowest BCUT2D eigenvalue weighted by Gasteiger charge is -2.35. The van der Waals surface area contributed by atoms with Gasteiger partial charge in [0, 0.05) is 42.8 Å². The normalized spacial score (nSPS) is 21.7. The highest BCUT2D eigenvalue weighted by Crippen LogP contribution is 2.39. The van der Waals surface area contributed by atoms with E-state index < -0.39 is 0 Å². The summed E-state index contributed by atoms with van der Waals surface area (Å²) in [7, 11) is 0. The van der Waals surface area contributed by atoms with Crippen LogP contribution in [0, 0.1) is 11.3 Å². The fourth-order valence-corrected chi connectivity index (χ4v) is 4.74. The van der Waals surface area contributed by atoms with E-state index in [4.69, 9.17) is 4.74 Å². The molecule has 1 aromatic heterocycles. The van der Waals surface area contributed by atoms with Gasteiger partial charge in [0.1, 0.15) is 12.4 Å². The Bertz CT molecular complexity index is 1040. The number of aromatic amines is 1. The maximum Gasteiger partial charge on any atom is 0.119 e. The molecule has 5 nitrogen and oxygen atoms in total. The van der Waals surface area contributed by atoms with Crippen LogP contribution in [-0.4, -0.2) is 42.7 Å². The predicted molar refractivity (Wildman–Crippen MR) is 109 cm³/mol. The summed E-state index contributed by atoms with van der Waals surface area (Å²) in [5.41, 5.74) is 4.54. The topological polar surface area (TPSA) is 64.1 Å². The van der Waals surface area contributed by atoms with Gasteiger partial charge in [0.25, 0.3) is 0 Å². The van der Waals surface area contributed by atoms with Gasteiger partial charge in [-0.15, -0.1) is 0 Å². The van der Waals surface area contributed by atoms with E-state index in [1.54, 1.807) is 0 Å². The second-order valence-electron chi connectivity index (χ2n) is 7.80. The minimum Gasteiger partial charge on any atom is -0.492 e. The minimum absolute atomic E-state index is 0.0217. The van der Waals surface area contributed by atoms with Crippen molar-refractivity contribution in [1.82, 2.24) is 15.2 Å². The molecule has 2 N–H and O–H groups in total. The zero-order valence-electron chi connectivity index (χ0n) is 15.9. The molecule has 142 valence electrons. The summed E-state index contributed by atoms with van der Waals surface area (Å²) in [6.45, 7) is 4.64. The van der Waals surface area contributed by atoms with E-state index in [9.17, 15) is 5.26 Å². The number of aromatic nitrogens is 1. The first-order chi connectivity index (χ1) is 13.8. The molecule has 0 unspecified atom stereocenters. The highest BCUT2D eigenvalue weighted by molar-refractivity contribution is 5.86. The predicted octanol–water partition coefficient (Wildman–Crippen LogP) is 3.17. The van der Waals surface area contributed by atoms with Crippen LogP contribution in [0.15, 0.2) is 48.5 Å². The van der Waals surface area contributed by atoms with Gasteiger partial charge in [-0.05, 0) is 48.7 Å². The number of benzene rings is 2. The second-order valence-corrected chi connectivity index (χ2v) is 7.80. The van der Waals surface area contributed by atoms with Gasteiger partial charge >= 0.3 is 0 Å². The van der Waals surface area contributed by atoms with Gasteiger partial charge in [0.15, 0.2) is 0 Å². The number of nitrogens with one attached hydrogen (secondary N) is 2. The zero-order valence-corrected chi connectivity index (χ0v) is 15.9. The van der Waals surface area contributed by atoms with Crippen LogP contribution in [0.1, 0.15) is 23.2 Å². The molecule has 3 aromatic rings. The molecule has 0 radical (unpaired) electrons. The molecule has 0 amide bonds. The highest BCUT2D eigenvalue weighted by atomic mass is 16.5. The Morgan fingerprint density at radius 3 is 2.93 bits per heavy atom. The first-order valence-electron chi connectivity index (χ1n) is 9.98. The van der Waals surface area contributed by atoms with E-state index in [-0.39, 0.29) is 5.54 Å². The molecule has 2 aliphatic rings. The summed E-state index contributed by atoms with van der Waals surface area (Å²) in [6.07, 6.45) is 2.09. The minimum atomic E-state index is -0.0217. The van der Waals surface area contributed by atoms with Crippen molar-refractivity contribution in [3.05, 3.63) is 65.4 Å². The van der Waals surface area contributed by atoms with Crippen LogP contribution in [0.4, 0.5) is 0 Å². The van der Waals surface area contributed by atoms with Gasteiger partial charge in [0.05, 0.1) is 17.2 Å². The van der Waals surface area contributed by atoms with Crippen molar-refractivity contribution in [1.29, 1.82) is 5.26 Å². The molecule has 1 atom stereocenters. The van der Waals surface area contributed by atoms with Crippen molar-refractivity contribution in [2.24, 2.45) is 0 Å². The van der Waals surface area contributed by atoms with Crippen LogP contribution in [-0.2, 0) is 12.0 Å². The maximum atomic E-state index is 9.25. The number of para-hydroxylation sites is 1. The maximum absolute atomic E-state index is 9.25. The van der Waals surface area contributed by atoms with E-state index in [0.29, 0.717) is 6.61 Å². The van der Waals surface area contributed by atoms with Crippen molar-refractivity contribution in [3.63, 3.8) is 0 Å². The largest absolute Gasteiger partial charge is 0.492 e. The van der Waals surface area contributed by atoms with E-state index in [2.05, 4.69) is 21.3 Å². The van der Waals surface area contributed by atoms with Crippen molar-refractivity contribution in [2.75, 3.05) is 32.8 Å². The number of likely N-dealkylation sites (tertiary alicyclic amines) is 1. The lowest BCUT2D eigenvalue weighted by Crippen LogP contribution is -2.49. The molecule has 0 aliphatic carbocycles. The third-order valence-electron chi connectivity index (χ3n) is 6.12. The van der Waals surface area contributed by atoms with Gasteiger partial charge in [-0.25, -0.2) is 0 Å². The van der Waals surface area contributed by atoms with E-state index in [0.717, 1.165) is 55.9 Å². The van der Waals surface area contributed by atoms with Crippen LogP contribution in [0.5, 0.6) is 5.75 Å². The molecule has 1 fully saturated rings. The Balaban J connectivity index is 1.34. The average Bonchev–Trinajstić information content (AvgIpc) is 3.31. The summed E-state index contributed by atoms with van der Waals surface area (Å²) >= 11 is 0. The van der Waals surface area contributed by atoms with E-state index in [1.165, 1.54) is 16.6 Å². The summed E-state index contributed by atoms with van der Waals surface area (Å²) in [5, 5.41) is 14.3. The molecule has 2 aromatic carbocycles. The van der Waals surface area contributed by atoms with Gasteiger partial charge in [-0.3, -0.25) is 4.90 Å². The van der Waals surface area contributed by atoms with Gasteiger partial charge in [-0.1, -0.05) is 18.2 Å². The molecular formula is C23H24N4O. The van der Waals surface area contributed by atoms with Crippen molar-refractivity contribution >= 4 is 10.9 Å². The third kappa shape index (κ3) is 2.95. The summed E-state index contributed by atoms with van der Waals surface area (Å²) in [6, 6.07) is 18.2. The monoisotopic (exact) mass is 372 g/mol. The summed E-state index contributed by atoms with van der Waals surface area (Å²) in [4.78, 5) is 6.16. The van der Waals surface area contributed by atoms with Crippen LogP contribution >= 0.6 is 0 Å². The number of hydrogen-bond acceptors (Lipinski definition) is 4. The first kappa shape index (κ1) is 17.3. The number of hydrogen-bond donors (Lipinski definition) is 2. The molecule has 1 saturated heterocycles. The third-order valence-corrected chi connectivity index (χ3v) is 6.12. The number of nitrogens with zero attached hydrogens (tertiary/aromatic N) is 2. The lowest BCUT2D eigenvalue weighted by molar-refractivity contribution is 0.218. The highest BCUT2D eigenvalue weighted by Gasteiger charge is 2.43. The van der Waals surface area contributed by atoms with E-state index in [1.807, 2.05) is 48.5 Å². The fraction of sp³-hybridized carbons (Fsp3) is 0.348. The SMILES string of the molecule is N#Cc1ccc2[nH]c3c(c2c1)CCN[C@@]31CCN(CCOc2ccccc2)C1. The fourth-order valence-electron chi connectivity index (χ4n) is 4.74. The van der Waals surface area contributed by atoms with Gasteiger partial charge in [0.2, 0.25) is 0 Å². The molecule has 0 saturated carbocycles. The van der Waals surface area contributed by atoms with Crippen LogP contribution in [0.3, 0.4) is 0 Å². The van der Waals surface area contributed by atoms with Crippen LogP contribution in [0.25, 0.3) is 10.9 Å². The molecule has 28 heavy (non-hydrogen) atoms. The van der Waals surface area contributed by atoms with Crippen molar-refractivity contribution < 1.29 is 4.74 Å².